The third-order valence-corrected chi connectivity index (χ3v) is 5.24. The molecule has 0 rings (SSSR count). The van der Waals surface area contributed by atoms with Gasteiger partial charge >= 0.3 is 0 Å². The van der Waals surface area contributed by atoms with Gasteiger partial charge in [0.25, 0.3) is 0 Å². The maximum atomic E-state index is 11.3. The summed E-state index contributed by atoms with van der Waals surface area (Å²) in [5.41, 5.74) is 0.135. The van der Waals surface area contributed by atoms with Crippen molar-refractivity contribution in [3.63, 3.8) is 0 Å². The molecule has 5 nitrogen and oxygen atoms in total. The molecular formula is C18H39N3O2S. The van der Waals surface area contributed by atoms with Crippen LogP contribution < -0.4 is 10.6 Å². The molecule has 0 bridgehead atoms. The fourth-order valence-electron chi connectivity index (χ4n) is 2.36. The summed E-state index contributed by atoms with van der Waals surface area (Å²) in [4.78, 5) is 4.28. The molecule has 0 aliphatic carbocycles. The SMILES string of the molecule is CCCCCC(C)(C)CNC(=NC)NCC(C)(C)CCS(C)(=O)=O. The van der Waals surface area contributed by atoms with Gasteiger partial charge in [-0.25, -0.2) is 8.42 Å². The Kier molecular flexibility index (Phi) is 9.93. The van der Waals surface area contributed by atoms with Crippen LogP contribution in [0.4, 0.5) is 0 Å². The molecule has 0 saturated carbocycles. The molecule has 0 heterocycles. The van der Waals surface area contributed by atoms with E-state index in [9.17, 15) is 8.42 Å². The molecule has 24 heavy (non-hydrogen) atoms. The van der Waals surface area contributed by atoms with Crippen LogP contribution in [-0.2, 0) is 9.84 Å². The minimum absolute atomic E-state index is 0.0999. The van der Waals surface area contributed by atoms with Crippen LogP contribution in [0, 0.1) is 10.8 Å². The van der Waals surface area contributed by atoms with Crippen LogP contribution in [0.15, 0.2) is 4.99 Å². The average Bonchev–Trinajstić information content (AvgIpc) is 2.45. The molecule has 0 saturated heterocycles. The molecule has 0 amide bonds. The topological polar surface area (TPSA) is 70.6 Å². The maximum absolute atomic E-state index is 11.3. The summed E-state index contributed by atoms with van der Waals surface area (Å²) >= 11 is 0. The van der Waals surface area contributed by atoms with Gasteiger partial charge in [0.15, 0.2) is 5.96 Å². The van der Waals surface area contributed by atoms with Crippen LogP contribution in [-0.4, -0.2) is 46.5 Å². The van der Waals surface area contributed by atoms with Crippen molar-refractivity contribution in [2.45, 2.75) is 66.7 Å². The predicted octanol–water partition coefficient (Wildman–Crippen LogP) is 3.22. The number of hydrogen-bond donors (Lipinski definition) is 2. The standard InChI is InChI=1S/C18H39N3O2S/c1-8-9-10-11-17(2,3)14-20-16(19-6)21-15-18(4,5)12-13-24(7,22)23/h8-15H2,1-7H3,(H2,19,20,21). The van der Waals surface area contributed by atoms with Gasteiger partial charge in [0.05, 0.1) is 5.75 Å². The van der Waals surface area contributed by atoms with Crippen LogP contribution in [0.1, 0.15) is 66.7 Å². The Hall–Kier alpha value is -0.780. The number of hydrogen-bond acceptors (Lipinski definition) is 3. The fraction of sp³-hybridized carbons (Fsp3) is 0.944. The summed E-state index contributed by atoms with van der Waals surface area (Å²) in [5, 5.41) is 6.73. The van der Waals surface area contributed by atoms with Crippen LogP contribution >= 0.6 is 0 Å². The molecule has 0 radical (unpaired) electrons. The van der Waals surface area contributed by atoms with E-state index < -0.39 is 9.84 Å². The molecule has 0 aromatic carbocycles. The summed E-state index contributed by atoms with van der Waals surface area (Å²) < 4.78 is 22.7. The highest BCUT2D eigenvalue weighted by Gasteiger charge is 2.21. The zero-order valence-electron chi connectivity index (χ0n) is 16.8. The van der Waals surface area contributed by atoms with Crippen molar-refractivity contribution in [3.8, 4) is 0 Å². The molecular weight excluding hydrogens is 322 g/mol. The molecule has 144 valence electrons. The minimum atomic E-state index is -2.92. The lowest BCUT2D eigenvalue weighted by Gasteiger charge is -2.28. The van der Waals surface area contributed by atoms with Crippen molar-refractivity contribution in [3.05, 3.63) is 0 Å². The molecule has 0 aliphatic rings. The first-order chi connectivity index (χ1) is 10.9. The highest BCUT2D eigenvalue weighted by atomic mass is 32.2. The Labute approximate surface area is 150 Å². The number of aliphatic imine (C=N–C) groups is 1. The van der Waals surface area contributed by atoms with E-state index in [1.54, 1.807) is 7.05 Å². The van der Waals surface area contributed by atoms with E-state index in [0.717, 1.165) is 12.5 Å². The monoisotopic (exact) mass is 361 g/mol. The van der Waals surface area contributed by atoms with Crippen molar-refractivity contribution in [1.82, 2.24) is 10.6 Å². The average molecular weight is 362 g/mol. The minimum Gasteiger partial charge on any atom is -0.356 e. The number of nitrogens with zero attached hydrogens (tertiary/aromatic N) is 1. The number of rotatable bonds is 11. The van der Waals surface area contributed by atoms with E-state index in [4.69, 9.17) is 0 Å². The molecule has 0 aromatic heterocycles. The number of unbranched alkanes of at least 4 members (excludes halogenated alkanes) is 2. The van der Waals surface area contributed by atoms with Crippen LogP contribution in [0.5, 0.6) is 0 Å². The van der Waals surface area contributed by atoms with Crippen LogP contribution in [0.25, 0.3) is 0 Å². The van der Waals surface area contributed by atoms with Gasteiger partial charge < -0.3 is 10.6 Å². The molecule has 2 N–H and O–H groups in total. The van der Waals surface area contributed by atoms with Crippen LogP contribution in [0.3, 0.4) is 0 Å². The Morgan fingerprint density at radius 1 is 0.958 bits per heavy atom. The van der Waals surface area contributed by atoms with Gasteiger partial charge in [0.2, 0.25) is 0 Å². The Morgan fingerprint density at radius 2 is 1.46 bits per heavy atom. The number of nitrogens with one attached hydrogen (secondary N) is 2. The second kappa shape index (κ2) is 10.3. The van der Waals surface area contributed by atoms with Gasteiger partial charge in [-0.1, -0.05) is 53.9 Å². The van der Waals surface area contributed by atoms with E-state index in [0.29, 0.717) is 13.0 Å². The Balaban J connectivity index is 4.32. The predicted molar refractivity (Wildman–Crippen MR) is 105 cm³/mol. The second-order valence-corrected chi connectivity index (χ2v) is 10.7. The van der Waals surface area contributed by atoms with Crippen molar-refractivity contribution in [2.24, 2.45) is 15.8 Å². The highest BCUT2D eigenvalue weighted by molar-refractivity contribution is 7.90. The lowest BCUT2D eigenvalue weighted by atomic mass is 9.87. The first-order valence-corrected chi connectivity index (χ1v) is 11.1. The smallest absolute Gasteiger partial charge is 0.191 e. The maximum Gasteiger partial charge on any atom is 0.191 e. The van der Waals surface area contributed by atoms with E-state index in [1.807, 2.05) is 0 Å². The highest BCUT2D eigenvalue weighted by Crippen LogP contribution is 2.23. The largest absolute Gasteiger partial charge is 0.356 e. The first kappa shape index (κ1) is 23.2. The number of sulfone groups is 1. The Bertz CT molecular complexity index is 482. The van der Waals surface area contributed by atoms with Crippen molar-refractivity contribution >= 4 is 15.8 Å². The molecule has 0 atom stereocenters. The number of guanidine groups is 1. The van der Waals surface area contributed by atoms with Crippen molar-refractivity contribution < 1.29 is 8.42 Å². The van der Waals surface area contributed by atoms with Gasteiger partial charge in [0, 0.05) is 26.4 Å². The quantitative estimate of drug-likeness (QED) is 0.337. The first-order valence-electron chi connectivity index (χ1n) is 9.03. The van der Waals surface area contributed by atoms with Gasteiger partial charge in [-0.05, 0) is 23.7 Å². The summed E-state index contributed by atoms with van der Waals surface area (Å²) in [5.74, 6) is 1.00. The van der Waals surface area contributed by atoms with Gasteiger partial charge in [-0.3, -0.25) is 4.99 Å². The van der Waals surface area contributed by atoms with E-state index in [-0.39, 0.29) is 16.6 Å². The molecule has 0 spiro atoms. The molecule has 6 heteroatoms. The fourth-order valence-corrected chi connectivity index (χ4v) is 3.28. The van der Waals surface area contributed by atoms with Crippen molar-refractivity contribution in [1.29, 1.82) is 0 Å². The van der Waals surface area contributed by atoms with E-state index >= 15 is 0 Å². The summed E-state index contributed by atoms with van der Waals surface area (Å²) in [6, 6.07) is 0. The van der Waals surface area contributed by atoms with Crippen molar-refractivity contribution in [2.75, 3.05) is 32.1 Å². The third kappa shape index (κ3) is 12.6. The normalized spacial score (nSPS) is 13.9. The zero-order chi connectivity index (χ0) is 18.9. The van der Waals surface area contributed by atoms with Gasteiger partial charge in [-0.2, -0.15) is 0 Å². The molecule has 0 aromatic rings. The lowest BCUT2D eigenvalue weighted by molar-refractivity contribution is 0.315. The van der Waals surface area contributed by atoms with Gasteiger partial charge in [-0.15, -0.1) is 0 Å². The summed E-state index contributed by atoms with van der Waals surface area (Å²) in [6.07, 6.45) is 6.91. The zero-order valence-corrected chi connectivity index (χ0v) is 17.6. The van der Waals surface area contributed by atoms with Gasteiger partial charge in [0.1, 0.15) is 9.84 Å². The summed E-state index contributed by atoms with van der Waals surface area (Å²) in [7, 11) is -1.15. The summed E-state index contributed by atoms with van der Waals surface area (Å²) in [6.45, 7) is 12.5. The Morgan fingerprint density at radius 3 is 1.88 bits per heavy atom. The molecule has 0 aliphatic heterocycles. The molecule has 0 unspecified atom stereocenters. The van der Waals surface area contributed by atoms with Crippen LogP contribution in [0.2, 0.25) is 0 Å². The van der Waals surface area contributed by atoms with E-state index in [1.165, 1.54) is 31.9 Å². The third-order valence-electron chi connectivity index (χ3n) is 4.30. The lowest BCUT2D eigenvalue weighted by Crippen LogP contribution is -2.45. The molecule has 0 fully saturated rings. The van der Waals surface area contributed by atoms with E-state index in [2.05, 4.69) is 50.2 Å². The second-order valence-electron chi connectivity index (χ2n) is 8.44.